The van der Waals surface area contributed by atoms with E-state index in [4.69, 9.17) is 0 Å². The van der Waals surface area contributed by atoms with E-state index in [9.17, 15) is 8.42 Å². The van der Waals surface area contributed by atoms with E-state index < -0.39 is 10.0 Å². The lowest BCUT2D eigenvalue weighted by Crippen LogP contribution is -2.41. The Morgan fingerprint density at radius 2 is 2.21 bits per heavy atom. The Kier molecular flexibility index (Phi) is 4.66. The summed E-state index contributed by atoms with van der Waals surface area (Å²) in [5.41, 5.74) is 0.870. The first-order valence-electron chi connectivity index (χ1n) is 6.76. The standard InChI is InChI=1S/C13H22N2O2S2/c1-4-7-15(12-5-6-14-9-12)19(16,17)13-10(2)8-11(3)18-13/h8,12,14H,4-7,9H2,1-3H3. The lowest BCUT2D eigenvalue weighted by atomic mass is 10.2. The second-order valence-electron chi connectivity index (χ2n) is 5.09. The molecule has 19 heavy (non-hydrogen) atoms. The number of nitrogens with zero attached hydrogens (tertiary/aromatic N) is 1. The highest BCUT2D eigenvalue weighted by atomic mass is 32.2. The lowest BCUT2D eigenvalue weighted by Gasteiger charge is -2.26. The Labute approximate surface area is 119 Å². The number of rotatable bonds is 5. The van der Waals surface area contributed by atoms with E-state index in [1.165, 1.54) is 11.3 Å². The van der Waals surface area contributed by atoms with Crippen molar-refractivity contribution in [3.8, 4) is 0 Å². The van der Waals surface area contributed by atoms with Crippen LogP contribution in [0.2, 0.25) is 0 Å². The fourth-order valence-corrected chi connectivity index (χ4v) is 6.11. The first-order valence-corrected chi connectivity index (χ1v) is 9.02. The van der Waals surface area contributed by atoms with Gasteiger partial charge in [-0.25, -0.2) is 8.42 Å². The van der Waals surface area contributed by atoms with Gasteiger partial charge < -0.3 is 5.32 Å². The minimum absolute atomic E-state index is 0.103. The van der Waals surface area contributed by atoms with Crippen molar-refractivity contribution in [3.05, 3.63) is 16.5 Å². The van der Waals surface area contributed by atoms with Crippen molar-refractivity contribution in [1.82, 2.24) is 9.62 Å². The number of sulfonamides is 1. The molecule has 1 aliphatic heterocycles. The van der Waals surface area contributed by atoms with Gasteiger partial charge in [-0.2, -0.15) is 4.31 Å². The average molecular weight is 302 g/mol. The van der Waals surface area contributed by atoms with Gasteiger partial charge in [0.25, 0.3) is 10.0 Å². The van der Waals surface area contributed by atoms with Crippen LogP contribution in [0.1, 0.15) is 30.2 Å². The summed E-state index contributed by atoms with van der Waals surface area (Å²) in [6.45, 7) is 8.14. The molecule has 0 aliphatic carbocycles. The van der Waals surface area contributed by atoms with Gasteiger partial charge in [0, 0.05) is 24.0 Å². The van der Waals surface area contributed by atoms with Gasteiger partial charge in [0.1, 0.15) is 4.21 Å². The number of thiophene rings is 1. The van der Waals surface area contributed by atoms with Gasteiger partial charge in [0.05, 0.1) is 0 Å². The third kappa shape index (κ3) is 3.02. The highest BCUT2D eigenvalue weighted by Gasteiger charge is 2.34. The third-order valence-electron chi connectivity index (χ3n) is 3.42. The predicted octanol–water partition coefficient (Wildman–Crippen LogP) is 2.13. The van der Waals surface area contributed by atoms with Crippen molar-refractivity contribution < 1.29 is 8.42 Å². The van der Waals surface area contributed by atoms with E-state index in [-0.39, 0.29) is 6.04 Å². The molecule has 1 unspecified atom stereocenters. The molecule has 1 aromatic heterocycles. The number of hydrogen-bond donors (Lipinski definition) is 1. The van der Waals surface area contributed by atoms with E-state index in [1.807, 2.05) is 26.8 Å². The van der Waals surface area contributed by atoms with Crippen molar-refractivity contribution >= 4 is 21.4 Å². The van der Waals surface area contributed by atoms with E-state index in [2.05, 4.69) is 5.32 Å². The van der Waals surface area contributed by atoms with Crippen molar-refractivity contribution in [1.29, 1.82) is 0 Å². The van der Waals surface area contributed by atoms with Crippen LogP contribution in [0.25, 0.3) is 0 Å². The van der Waals surface area contributed by atoms with Crippen molar-refractivity contribution in [3.63, 3.8) is 0 Å². The zero-order valence-electron chi connectivity index (χ0n) is 11.8. The molecule has 1 saturated heterocycles. The molecule has 0 saturated carbocycles. The van der Waals surface area contributed by atoms with Gasteiger partial charge in [0.2, 0.25) is 0 Å². The molecule has 0 aromatic carbocycles. The van der Waals surface area contributed by atoms with Gasteiger partial charge in [-0.1, -0.05) is 6.92 Å². The molecule has 2 heterocycles. The van der Waals surface area contributed by atoms with Gasteiger partial charge in [0.15, 0.2) is 0 Å². The van der Waals surface area contributed by atoms with Gasteiger partial charge >= 0.3 is 0 Å². The number of nitrogens with one attached hydrogen (secondary N) is 1. The average Bonchev–Trinajstić information content (AvgIpc) is 2.95. The molecule has 0 spiro atoms. The van der Waals surface area contributed by atoms with Crippen molar-refractivity contribution in [2.45, 2.75) is 43.9 Å². The second kappa shape index (κ2) is 5.91. The van der Waals surface area contributed by atoms with Crippen LogP contribution in [0, 0.1) is 13.8 Å². The highest BCUT2D eigenvalue weighted by molar-refractivity contribution is 7.91. The SMILES string of the molecule is CCCN(C1CCNC1)S(=O)(=O)c1sc(C)cc1C. The molecule has 6 heteroatoms. The molecule has 1 N–H and O–H groups in total. The molecule has 1 atom stereocenters. The molecule has 2 rings (SSSR count). The van der Waals surface area contributed by atoms with Crippen molar-refractivity contribution in [2.75, 3.05) is 19.6 Å². The van der Waals surface area contributed by atoms with Crippen LogP contribution >= 0.6 is 11.3 Å². The van der Waals surface area contributed by atoms with E-state index in [0.29, 0.717) is 10.8 Å². The van der Waals surface area contributed by atoms with Crippen LogP contribution < -0.4 is 5.32 Å². The van der Waals surface area contributed by atoms with Crippen LogP contribution in [0.3, 0.4) is 0 Å². The fraction of sp³-hybridized carbons (Fsp3) is 0.692. The maximum absolute atomic E-state index is 12.9. The maximum Gasteiger partial charge on any atom is 0.253 e. The summed E-state index contributed by atoms with van der Waals surface area (Å²) in [6, 6.07) is 2.06. The van der Waals surface area contributed by atoms with Gasteiger partial charge in [-0.15, -0.1) is 11.3 Å². The Bertz CT molecular complexity index is 531. The number of hydrogen-bond acceptors (Lipinski definition) is 4. The zero-order valence-corrected chi connectivity index (χ0v) is 13.4. The van der Waals surface area contributed by atoms with Crippen LogP contribution in [0.5, 0.6) is 0 Å². The molecule has 108 valence electrons. The Hall–Kier alpha value is -0.430. The molecule has 0 bridgehead atoms. The van der Waals surface area contributed by atoms with Crippen LogP contribution in [-0.2, 0) is 10.0 Å². The Balaban J connectivity index is 2.36. The van der Waals surface area contributed by atoms with Crippen LogP contribution in [-0.4, -0.2) is 38.4 Å². The number of aryl methyl sites for hydroxylation is 2. The van der Waals surface area contributed by atoms with Crippen LogP contribution in [0.15, 0.2) is 10.3 Å². The molecule has 1 aliphatic rings. The summed E-state index contributed by atoms with van der Waals surface area (Å²) < 4.78 is 27.9. The van der Waals surface area contributed by atoms with Crippen LogP contribution in [0.4, 0.5) is 0 Å². The summed E-state index contributed by atoms with van der Waals surface area (Å²) in [6.07, 6.45) is 1.75. The van der Waals surface area contributed by atoms with E-state index in [1.54, 1.807) is 4.31 Å². The quantitative estimate of drug-likeness (QED) is 0.906. The normalized spacial score (nSPS) is 20.3. The summed E-state index contributed by atoms with van der Waals surface area (Å²) in [5.74, 6) is 0. The maximum atomic E-state index is 12.9. The highest BCUT2D eigenvalue weighted by Crippen LogP contribution is 2.30. The molecular formula is C13H22N2O2S2. The molecule has 0 amide bonds. The van der Waals surface area contributed by atoms with E-state index in [0.717, 1.165) is 36.4 Å². The summed E-state index contributed by atoms with van der Waals surface area (Å²) in [4.78, 5) is 1.05. The monoisotopic (exact) mass is 302 g/mol. The second-order valence-corrected chi connectivity index (χ2v) is 8.43. The Morgan fingerprint density at radius 1 is 1.47 bits per heavy atom. The minimum Gasteiger partial charge on any atom is -0.315 e. The fourth-order valence-electron chi connectivity index (χ4n) is 2.59. The summed E-state index contributed by atoms with van der Waals surface area (Å²) >= 11 is 1.38. The zero-order chi connectivity index (χ0) is 14.0. The first kappa shape index (κ1) is 15.0. The first-order chi connectivity index (χ1) is 8.96. The van der Waals surface area contributed by atoms with Crippen molar-refractivity contribution in [2.24, 2.45) is 0 Å². The van der Waals surface area contributed by atoms with Gasteiger partial charge in [-0.05, 0) is 44.9 Å². The molecule has 1 aromatic rings. The summed E-state index contributed by atoms with van der Waals surface area (Å²) in [5, 5.41) is 3.25. The Morgan fingerprint density at radius 3 is 2.68 bits per heavy atom. The topological polar surface area (TPSA) is 49.4 Å². The minimum atomic E-state index is -3.34. The molecule has 1 fully saturated rings. The molecule has 4 nitrogen and oxygen atoms in total. The third-order valence-corrected chi connectivity index (χ3v) is 7.14. The lowest BCUT2D eigenvalue weighted by molar-refractivity contribution is 0.335. The molecular weight excluding hydrogens is 280 g/mol. The molecule has 0 radical (unpaired) electrons. The predicted molar refractivity (Wildman–Crippen MR) is 79.3 cm³/mol. The van der Waals surface area contributed by atoms with E-state index >= 15 is 0 Å². The smallest absolute Gasteiger partial charge is 0.253 e. The summed E-state index contributed by atoms with van der Waals surface area (Å²) in [7, 11) is -3.34. The van der Waals surface area contributed by atoms with Gasteiger partial charge in [-0.3, -0.25) is 0 Å². The largest absolute Gasteiger partial charge is 0.315 e.